The number of hydrogen-bond acceptors (Lipinski definition) is 2. The minimum absolute atomic E-state index is 0.756. The topological polar surface area (TPSA) is 9.23 Å². The quantitative estimate of drug-likeness (QED) is 0.560. The molecule has 0 radical (unpaired) electrons. The van der Waals surface area contributed by atoms with E-state index in [2.05, 4.69) is 12.1 Å². The molecule has 3 aromatic carbocycles. The van der Waals surface area contributed by atoms with Gasteiger partial charge in [-0.05, 0) is 60.7 Å². The zero-order valence-electron chi connectivity index (χ0n) is 11.2. The van der Waals surface area contributed by atoms with Crippen LogP contribution >= 0.6 is 23.4 Å². The molecule has 0 spiro atoms. The van der Waals surface area contributed by atoms with Crippen molar-refractivity contribution in [2.24, 2.45) is 0 Å². The van der Waals surface area contributed by atoms with E-state index in [4.69, 9.17) is 16.3 Å². The summed E-state index contributed by atoms with van der Waals surface area (Å²) in [6.45, 7) is 0. The number of hydrogen-bond donors (Lipinski definition) is 0. The van der Waals surface area contributed by atoms with E-state index in [1.165, 1.54) is 0 Å². The zero-order valence-corrected chi connectivity index (χ0v) is 12.8. The molecule has 0 bridgehead atoms. The van der Waals surface area contributed by atoms with E-state index in [0.29, 0.717) is 0 Å². The van der Waals surface area contributed by atoms with Crippen molar-refractivity contribution in [3.63, 3.8) is 0 Å². The molecule has 21 heavy (non-hydrogen) atoms. The molecule has 0 saturated carbocycles. The van der Waals surface area contributed by atoms with Crippen LogP contribution in [-0.4, -0.2) is 0 Å². The first kappa shape index (κ1) is 14.1. The van der Waals surface area contributed by atoms with Crippen molar-refractivity contribution < 1.29 is 4.74 Å². The monoisotopic (exact) mass is 312 g/mol. The molecule has 0 aromatic heterocycles. The van der Waals surface area contributed by atoms with Gasteiger partial charge in [-0.2, -0.15) is 0 Å². The Hall–Kier alpha value is -1.90. The molecule has 3 rings (SSSR count). The van der Waals surface area contributed by atoms with Gasteiger partial charge in [0, 0.05) is 14.8 Å². The molecule has 0 atom stereocenters. The summed E-state index contributed by atoms with van der Waals surface area (Å²) < 4.78 is 5.77. The molecular formula is C18H13ClOS. The van der Waals surface area contributed by atoms with Crippen molar-refractivity contribution in [3.05, 3.63) is 83.9 Å². The molecule has 0 fully saturated rings. The maximum Gasteiger partial charge on any atom is 0.127 e. The second-order valence-electron chi connectivity index (χ2n) is 4.44. The summed E-state index contributed by atoms with van der Waals surface area (Å²) in [6.07, 6.45) is 0. The third kappa shape index (κ3) is 4.03. The molecule has 0 N–H and O–H groups in total. The van der Waals surface area contributed by atoms with Crippen molar-refractivity contribution >= 4 is 23.4 Å². The fourth-order valence-corrected chi connectivity index (χ4v) is 2.78. The normalized spacial score (nSPS) is 10.3. The van der Waals surface area contributed by atoms with Crippen LogP contribution in [0, 0.1) is 0 Å². The lowest BCUT2D eigenvalue weighted by molar-refractivity contribution is 0.482. The highest BCUT2D eigenvalue weighted by Gasteiger charge is 2.00. The Kier molecular flexibility index (Phi) is 4.49. The number of ether oxygens (including phenoxy) is 1. The minimum atomic E-state index is 0.756. The van der Waals surface area contributed by atoms with E-state index in [1.54, 1.807) is 11.8 Å². The van der Waals surface area contributed by atoms with Gasteiger partial charge in [0.1, 0.15) is 11.5 Å². The van der Waals surface area contributed by atoms with Crippen molar-refractivity contribution in [1.82, 2.24) is 0 Å². The summed E-state index contributed by atoms with van der Waals surface area (Å²) in [6, 6.07) is 25.7. The van der Waals surface area contributed by atoms with Crippen LogP contribution in [-0.2, 0) is 0 Å². The smallest absolute Gasteiger partial charge is 0.127 e. The predicted octanol–water partition coefficient (Wildman–Crippen LogP) is 6.28. The van der Waals surface area contributed by atoms with E-state index in [1.807, 2.05) is 66.7 Å². The van der Waals surface area contributed by atoms with Gasteiger partial charge in [-0.25, -0.2) is 0 Å². The number of para-hydroxylation sites is 1. The highest BCUT2D eigenvalue weighted by molar-refractivity contribution is 7.99. The van der Waals surface area contributed by atoms with E-state index in [0.717, 1.165) is 26.3 Å². The standard InChI is InChI=1S/C18H13ClOS/c19-14-6-10-17(11-7-14)21-18-12-8-16(9-13-18)20-15-4-2-1-3-5-15/h1-13H. The largest absolute Gasteiger partial charge is 0.457 e. The number of rotatable bonds is 4. The van der Waals surface area contributed by atoms with Gasteiger partial charge in [-0.15, -0.1) is 0 Å². The van der Waals surface area contributed by atoms with Crippen molar-refractivity contribution in [2.75, 3.05) is 0 Å². The Balaban J connectivity index is 1.68. The third-order valence-electron chi connectivity index (χ3n) is 2.85. The summed E-state index contributed by atoms with van der Waals surface area (Å²) in [5.41, 5.74) is 0. The van der Waals surface area contributed by atoms with Crippen LogP contribution in [0.25, 0.3) is 0 Å². The Morgan fingerprint density at radius 2 is 1.14 bits per heavy atom. The molecule has 0 heterocycles. The fourth-order valence-electron chi connectivity index (χ4n) is 1.84. The molecule has 0 aliphatic heterocycles. The second kappa shape index (κ2) is 6.70. The summed E-state index contributed by atoms with van der Waals surface area (Å²) in [4.78, 5) is 2.33. The van der Waals surface area contributed by atoms with Crippen LogP contribution in [0.1, 0.15) is 0 Å². The molecule has 104 valence electrons. The first-order chi connectivity index (χ1) is 10.3. The molecule has 0 aliphatic rings. The molecule has 0 unspecified atom stereocenters. The number of halogens is 1. The molecule has 0 saturated heterocycles. The molecular weight excluding hydrogens is 300 g/mol. The predicted molar refractivity (Wildman–Crippen MR) is 88.5 cm³/mol. The van der Waals surface area contributed by atoms with Crippen LogP contribution in [0.4, 0.5) is 0 Å². The first-order valence-electron chi connectivity index (χ1n) is 6.56. The van der Waals surface area contributed by atoms with E-state index in [-0.39, 0.29) is 0 Å². The van der Waals surface area contributed by atoms with Gasteiger partial charge in [-0.1, -0.05) is 41.6 Å². The lowest BCUT2D eigenvalue weighted by Crippen LogP contribution is -1.83. The average molecular weight is 313 g/mol. The molecule has 0 aliphatic carbocycles. The lowest BCUT2D eigenvalue weighted by atomic mass is 10.3. The summed E-state index contributed by atoms with van der Waals surface area (Å²) >= 11 is 7.58. The van der Waals surface area contributed by atoms with Crippen LogP contribution in [0.3, 0.4) is 0 Å². The van der Waals surface area contributed by atoms with Gasteiger partial charge in [0.15, 0.2) is 0 Å². The molecule has 3 heteroatoms. The minimum Gasteiger partial charge on any atom is -0.457 e. The Labute approximate surface area is 133 Å². The highest BCUT2D eigenvalue weighted by atomic mass is 35.5. The molecule has 1 nitrogen and oxygen atoms in total. The Morgan fingerprint density at radius 1 is 0.619 bits per heavy atom. The van der Waals surface area contributed by atoms with Crippen molar-refractivity contribution in [3.8, 4) is 11.5 Å². The van der Waals surface area contributed by atoms with E-state index >= 15 is 0 Å². The van der Waals surface area contributed by atoms with Gasteiger partial charge in [0.25, 0.3) is 0 Å². The molecule has 0 amide bonds. The lowest BCUT2D eigenvalue weighted by Gasteiger charge is -2.06. The van der Waals surface area contributed by atoms with Crippen molar-refractivity contribution in [2.45, 2.75) is 9.79 Å². The van der Waals surface area contributed by atoms with Crippen molar-refractivity contribution in [1.29, 1.82) is 0 Å². The van der Waals surface area contributed by atoms with Gasteiger partial charge in [0.05, 0.1) is 0 Å². The first-order valence-corrected chi connectivity index (χ1v) is 7.75. The zero-order chi connectivity index (χ0) is 14.5. The van der Waals surface area contributed by atoms with Gasteiger partial charge in [-0.3, -0.25) is 0 Å². The summed E-state index contributed by atoms with van der Waals surface area (Å²) in [7, 11) is 0. The van der Waals surface area contributed by atoms with Crippen LogP contribution in [0.5, 0.6) is 11.5 Å². The average Bonchev–Trinajstić information content (AvgIpc) is 2.53. The van der Waals surface area contributed by atoms with Gasteiger partial charge in [0.2, 0.25) is 0 Å². The van der Waals surface area contributed by atoms with Crippen LogP contribution in [0.2, 0.25) is 5.02 Å². The van der Waals surface area contributed by atoms with Crippen LogP contribution in [0.15, 0.2) is 88.7 Å². The summed E-state index contributed by atoms with van der Waals surface area (Å²) in [5.74, 6) is 1.68. The van der Waals surface area contributed by atoms with Gasteiger partial charge < -0.3 is 4.74 Å². The highest BCUT2D eigenvalue weighted by Crippen LogP contribution is 2.30. The number of benzene rings is 3. The van der Waals surface area contributed by atoms with Crippen LogP contribution < -0.4 is 4.74 Å². The Bertz CT molecular complexity index is 694. The fraction of sp³-hybridized carbons (Fsp3) is 0. The van der Waals surface area contributed by atoms with E-state index < -0.39 is 0 Å². The summed E-state index contributed by atoms with van der Waals surface area (Å²) in [5, 5.41) is 0.756. The van der Waals surface area contributed by atoms with Gasteiger partial charge >= 0.3 is 0 Å². The third-order valence-corrected chi connectivity index (χ3v) is 4.12. The molecule has 3 aromatic rings. The van der Waals surface area contributed by atoms with E-state index in [9.17, 15) is 0 Å². The Morgan fingerprint density at radius 3 is 1.76 bits per heavy atom. The maximum atomic E-state index is 5.89. The maximum absolute atomic E-state index is 5.89. The second-order valence-corrected chi connectivity index (χ2v) is 6.03. The SMILES string of the molecule is Clc1ccc(Sc2ccc(Oc3ccccc3)cc2)cc1.